The van der Waals surface area contributed by atoms with Crippen LogP contribution >= 0.6 is 0 Å². The number of carboxylic acids is 2. The second-order valence-electron chi connectivity index (χ2n) is 3.22. The fourth-order valence-corrected chi connectivity index (χ4v) is 1.00. The van der Waals surface area contributed by atoms with Gasteiger partial charge in [-0.3, -0.25) is 9.59 Å². The van der Waals surface area contributed by atoms with Crippen LogP contribution in [0.2, 0.25) is 0 Å². The summed E-state index contributed by atoms with van der Waals surface area (Å²) in [4.78, 5) is 21.5. The molecule has 6 nitrogen and oxygen atoms in total. The SMILES string of the molecule is C#CCCC(NNC(CC#C)C(=O)O)C(=O)O. The van der Waals surface area contributed by atoms with Gasteiger partial charge in [-0.15, -0.1) is 24.7 Å². The minimum atomic E-state index is -1.16. The fraction of sp³-hybridized carbons (Fsp3) is 0.455. The summed E-state index contributed by atoms with van der Waals surface area (Å²) < 4.78 is 0. The molecule has 0 bridgehead atoms. The van der Waals surface area contributed by atoms with Gasteiger partial charge in [-0.2, -0.15) is 0 Å². The van der Waals surface area contributed by atoms with Crippen molar-refractivity contribution in [1.29, 1.82) is 0 Å². The zero-order chi connectivity index (χ0) is 13.3. The average molecular weight is 238 g/mol. The highest BCUT2D eigenvalue weighted by Crippen LogP contribution is 1.97. The van der Waals surface area contributed by atoms with Gasteiger partial charge in [-0.25, -0.2) is 10.9 Å². The summed E-state index contributed by atoms with van der Waals surface area (Å²) in [6.45, 7) is 0. The van der Waals surface area contributed by atoms with Gasteiger partial charge in [0.2, 0.25) is 0 Å². The highest BCUT2D eigenvalue weighted by molar-refractivity contribution is 5.75. The third kappa shape index (κ3) is 6.21. The van der Waals surface area contributed by atoms with Crippen molar-refractivity contribution in [3.8, 4) is 24.7 Å². The zero-order valence-corrected chi connectivity index (χ0v) is 9.14. The Bertz CT molecular complexity index is 353. The molecule has 6 heteroatoms. The second-order valence-corrected chi connectivity index (χ2v) is 3.22. The molecule has 0 spiro atoms. The Morgan fingerprint density at radius 3 is 2.00 bits per heavy atom. The Hall–Kier alpha value is -2.02. The van der Waals surface area contributed by atoms with E-state index >= 15 is 0 Å². The minimum absolute atomic E-state index is 0.0518. The molecule has 0 radical (unpaired) electrons. The van der Waals surface area contributed by atoms with Gasteiger partial charge in [-0.1, -0.05) is 0 Å². The summed E-state index contributed by atoms with van der Waals surface area (Å²) in [5.74, 6) is 2.22. The standard InChI is InChI=1S/C11H14N2O4/c1-3-5-7-9(11(16)17)13-12-8(6-4-2)10(14)15/h1-2,8-9,12-13H,5-7H2,(H,14,15)(H,16,17). The molecule has 0 aliphatic heterocycles. The lowest BCUT2D eigenvalue weighted by Crippen LogP contribution is -2.52. The van der Waals surface area contributed by atoms with Crippen molar-refractivity contribution in [2.24, 2.45) is 0 Å². The number of aliphatic carboxylic acids is 2. The molecule has 0 amide bonds. The van der Waals surface area contributed by atoms with Crippen LogP contribution < -0.4 is 10.9 Å². The Morgan fingerprint density at radius 1 is 1.06 bits per heavy atom. The first kappa shape index (κ1) is 15.0. The average Bonchev–Trinajstić information content (AvgIpc) is 2.26. The van der Waals surface area contributed by atoms with Crippen LogP contribution in [-0.4, -0.2) is 34.2 Å². The van der Waals surface area contributed by atoms with Gasteiger partial charge in [0.25, 0.3) is 0 Å². The number of hydrazine groups is 1. The molecule has 0 saturated heterocycles. The highest BCUT2D eigenvalue weighted by Gasteiger charge is 2.20. The Labute approximate surface area is 99.4 Å². The molecule has 4 N–H and O–H groups in total. The number of carbonyl (C=O) groups is 2. The maximum atomic E-state index is 10.8. The summed E-state index contributed by atoms with van der Waals surface area (Å²) >= 11 is 0. The lowest BCUT2D eigenvalue weighted by atomic mass is 10.1. The smallest absolute Gasteiger partial charge is 0.323 e. The molecule has 2 unspecified atom stereocenters. The lowest BCUT2D eigenvalue weighted by molar-refractivity contribution is -0.143. The van der Waals surface area contributed by atoms with E-state index in [1.807, 2.05) is 0 Å². The van der Waals surface area contributed by atoms with Gasteiger partial charge in [0.05, 0.1) is 0 Å². The maximum Gasteiger partial charge on any atom is 0.323 e. The van der Waals surface area contributed by atoms with Crippen molar-refractivity contribution in [3.63, 3.8) is 0 Å². The normalized spacial score (nSPS) is 13.1. The third-order valence-electron chi connectivity index (χ3n) is 1.93. The number of nitrogens with one attached hydrogen (secondary N) is 2. The molecule has 0 aromatic carbocycles. The van der Waals surface area contributed by atoms with E-state index in [9.17, 15) is 9.59 Å². The van der Waals surface area contributed by atoms with Crippen LogP contribution in [0.4, 0.5) is 0 Å². The van der Waals surface area contributed by atoms with Gasteiger partial charge in [0.1, 0.15) is 12.1 Å². The third-order valence-corrected chi connectivity index (χ3v) is 1.93. The summed E-state index contributed by atoms with van der Waals surface area (Å²) in [6.07, 6.45) is 10.4. The summed E-state index contributed by atoms with van der Waals surface area (Å²) in [5.41, 5.74) is 4.77. The lowest BCUT2D eigenvalue weighted by Gasteiger charge is -2.17. The second kappa shape index (κ2) is 8.17. The topological polar surface area (TPSA) is 98.7 Å². The quantitative estimate of drug-likeness (QED) is 0.334. The van der Waals surface area contributed by atoms with Crippen LogP contribution in [0.15, 0.2) is 0 Å². The van der Waals surface area contributed by atoms with E-state index in [1.54, 1.807) is 0 Å². The first-order valence-corrected chi connectivity index (χ1v) is 4.86. The Morgan fingerprint density at radius 2 is 1.59 bits per heavy atom. The van der Waals surface area contributed by atoms with Gasteiger partial charge in [0, 0.05) is 12.8 Å². The van der Waals surface area contributed by atoms with Crippen LogP contribution in [0.1, 0.15) is 19.3 Å². The van der Waals surface area contributed by atoms with Crippen LogP contribution in [-0.2, 0) is 9.59 Å². The number of hydrogen-bond donors (Lipinski definition) is 4. The predicted octanol–water partition coefficient (Wildman–Crippen LogP) is -0.576. The van der Waals surface area contributed by atoms with E-state index in [0.717, 1.165) is 0 Å². The number of carboxylic acid groups (broad SMARTS) is 2. The van der Waals surface area contributed by atoms with Crippen molar-refractivity contribution < 1.29 is 19.8 Å². The van der Waals surface area contributed by atoms with E-state index < -0.39 is 24.0 Å². The van der Waals surface area contributed by atoms with E-state index in [2.05, 4.69) is 22.7 Å². The molecular weight excluding hydrogens is 224 g/mol. The Balaban J connectivity index is 4.28. The summed E-state index contributed by atoms with van der Waals surface area (Å²) in [5, 5.41) is 17.6. The molecule has 0 aliphatic carbocycles. The number of hydrogen-bond acceptors (Lipinski definition) is 4. The van der Waals surface area contributed by atoms with Crippen molar-refractivity contribution in [3.05, 3.63) is 0 Å². The first-order chi connectivity index (χ1) is 8.02. The van der Waals surface area contributed by atoms with Gasteiger partial charge in [-0.05, 0) is 6.42 Å². The minimum Gasteiger partial charge on any atom is -0.480 e. The zero-order valence-electron chi connectivity index (χ0n) is 9.14. The van der Waals surface area contributed by atoms with Gasteiger partial charge in [0.15, 0.2) is 0 Å². The van der Waals surface area contributed by atoms with Crippen LogP contribution in [0.5, 0.6) is 0 Å². The molecule has 92 valence electrons. The molecule has 17 heavy (non-hydrogen) atoms. The molecule has 0 aliphatic rings. The van der Waals surface area contributed by atoms with Crippen molar-refractivity contribution in [1.82, 2.24) is 10.9 Å². The summed E-state index contributed by atoms with van der Waals surface area (Å²) in [7, 11) is 0. The largest absolute Gasteiger partial charge is 0.480 e. The predicted molar refractivity (Wildman–Crippen MR) is 60.6 cm³/mol. The molecule has 0 aromatic heterocycles. The van der Waals surface area contributed by atoms with Crippen molar-refractivity contribution in [2.45, 2.75) is 31.3 Å². The highest BCUT2D eigenvalue weighted by atomic mass is 16.4. The van der Waals surface area contributed by atoms with E-state index in [0.29, 0.717) is 0 Å². The molecular formula is C11H14N2O4. The van der Waals surface area contributed by atoms with E-state index in [4.69, 9.17) is 23.1 Å². The molecule has 0 fully saturated rings. The maximum absolute atomic E-state index is 10.8. The van der Waals surface area contributed by atoms with E-state index in [1.165, 1.54) is 0 Å². The molecule has 0 saturated carbocycles. The fourth-order valence-electron chi connectivity index (χ4n) is 1.00. The number of rotatable bonds is 8. The Kier molecular flexibility index (Phi) is 7.20. The van der Waals surface area contributed by atoms with Crippen LogP contribution in [0.3, 0.4) is 0 Å². The van der Waals surface area contributed by atoms with Crippen LogP contribution in [0.25, 0.3) is 0 Å². The van der Waals surface area contributed by atoms with E-state index in [-0.39, 0.29) is 19.3 Å². The van der Waals surface area contributed by atoms with Gasteiger partial charge >= 0.3 is 11.9 Å². The summed E-state index contributed by atoms with van der Waals surface area (Å²) in [6, 6.07) is -1.99. The van der Waals surface area contributed by atoms with Crippen LogP contribution in [0, 0.1) is 24.7 Å². The molecule has 0 heterocycles. The first-order valence-electron chi connectivity index (χ1n) is 4.86. The molecule has 0 aromatic rings. The van der Waals surface area contributed by atoms with Crippen molar-refractivity contribution >= 4 is 11.9 Å². The molecule has 2 atom stereocenters. The van der Waals surface area contributed by atoms with Gasteiger partial charge < -0.3 is 10.2 Å². The van der Waals surface area contributed by atoms with Crippen molar-refractivity contribution in [2.75, 3.05) is 0 Å². The monoisotopic (exact) mass is 238 g/mol. The number of terminal acetylenes is 2. The molecule has 0 rings (SSSR count).